The fourth-order valence-corrected chi connectivity index (χ4v) is 0.750. The van der Waals surface area contributed by atoms with Crippen LogP contribution in [0.2, 0.25) is 0 Å². The summed E-state index contributed by atoms with van der Waals surface area (Å²) in [7, 11) is 0. The number of rotatable bonds is 5. The maximum absolute atomic E-state index is 11.2. The third kappa shape index (κ3) is 4.74. The molecule has 0 aliphatic heterocycles. The first-order chi connectivity index (χ1) is 6.26. The van der Waals surface area contributed by atoms with E-state index in [1.165, 1.54) is 6.08 Å². The number of hydrogen-bond donors (Lipinski definition) is 1. The highest BCUT2D eigenvalue weighted by atomic mass is 16.2. The van der Waals surface area contributed by atoms with E-state index in [2.05, 4.69) is 11.9 Å². The Labute approximate surface area is 77.8 Å². The van der Waals surface area contributed by atoms with E-state index >= 15 is 0 Å². The molecule has 0 aromatic heterocycles. The molecule has 70 valence electrons. The van der Waals surface area contributed by atoms with Crippen molar-refractivity contribution in [3.8, 4) is 0 Å². The van der Waals surface area contributed by atoms with Gasteiger partial charge in [0.15, 0.2) is 0 Å². The predicted octanol–water partition coefficient (Wildman–Crippen LogP) is 0.990. The Morgan fingerprint density at radius 1 is 1.54 bits per heavy atom. The van der Waals surface area contributed by atoms with Crippen LogP contribution in [0.25, 0.3) is 0 Å². The Morgan fingerprint density at radius 3 is 2.69 bits per heavy atom. The predicted molar refractivity (Wildman–Crippen MR) is 52.2 cm³/mol. The van der Waals surface area contributed by atoms with Gasteiger partial charge >= 0.3 is 0 Å². The van der Waals surface area contributed by atoms with Gasteiger partial charge in [-0.05, 0) is 6.92 Å². The molecule has 0 aliphatic rings. The SMILES string of the molecule is C=C/C=C(\C=C/C)C(=O)NCC=O. The molecule has 0 aromatic carbocycles. The zero-order valence-corrected chi connectivity index (χ0v) is 7.62. The minimum absolute atomic E-state index is 0.0326. The van der Waals surface area contributed by atoms with Crippen molar-refractivity contribution in [1.82, 2.24) is 5.32 Å². The monoisotopic (exact) mass is 179 g/mol. The van der Waals surface area contributed by atoms with Crippen molar-refractivity contribution >= 4 is 12.2 Å². The highest BCUT2D eigenvalue weighted by molar-refractivity contribution is 5.97. The lowest BCUT2D eigenvalue weighted by molar-refractivity contribution is -0.119. The lowest BCUT2D eigenvalue weighted by Crippen LogP contribution is -2.26. The number of amides is 1. The van der Waals surface area contributed by atoms with Gasteiger partial charge in [0.25, 0.3) is 5.91 Å². The number of aldehydes is 1. The van der Waals surface area contributed by atoms with E-state index in [1.54, 1.807) is 18.2 Å². The summed E-state index contributed by atoms with van der Waals surface area (Å²) in [4.78, 5) is 21.2. The molecule has 0 spiro atoms. The molecule has 0 heterocycles. The molecule has 0 fully saturated rings. The van der Waals surface area contributed by atoms with Crippen LogP contribution < -0.4 is 5.32 Å². The molecule has 0 aromatic rings. The van der Waals surface area contributed by atoms with Crippen LogP contribution >= 0.6 is 0 Å². The van der Waals surface area contributed by atoms with Gasteiger partial charge in [0.2, 0.25) is 0 Å². The largest absolute Gasteiger partial charge is 0.345 e. The van der Waals surface area contributed by atoms with Gasteiger partial charge in [0, 0.05) is 5.57 Å². The molecule has 0 atom stereocenters. The number of nitrogens with one attached hydrogen (secondary N) is 1. The van der Waals surface area contributed by atoms with Crippen molar-refractivity contribution in [2.45, 2.75) is 6.92 Å². The lowest BCUT2D eigenvalue weighted by Gasteiger charge is -2.00. The van der Waals surface area contributed by atoms with Crippen LogP contribution in [0, 0.1) is 0 Å². The van der Waals surface area contributed by atoms with Crippen LogP contribution in [0.5, 0.6) is 0 Å². The minimum atomic E-state index is -0.273. The smallest absolute Gasteiger partial charge is 0.251 e. The third-order valence-electron chi connectivity index (χ3n) is 1.25. The second-order valence-corrected chi connectivity index (χ2v) is 2.23. The molecule has 0 bridgehead atoms. The molecule has 0 rings (SSSR count). The van der Waals surface area contributed by atoms with E-state index in [9.17, 15) is 9.59 Å². The molecule has 0 saturated carbocycles. The Hall–Kier alpha value is -1.64. The van der Waals surface area contributed by atoms with E-state index in [4.69, 9.17) is 0 Å². The van der Waals surface area contributed by atoms with Crippen molar-refractivity contribution in [3.05, 3.63) is 36.5 Å². The van der Waals surface area contributed by atoms with E-state index in [0.717, 1.165) is 0 Å². The highest BCUT2D eigenvalue weighted by Gasteiger charge is 2.02. The van der Waals surface area contributed by atoms with E-state index in [-0.39, 0.29) is 12.5 Å². The fourth-order valence-electron chi connectivity index (χ4n) is 0.750. The van der Waals surface area contributed by atoms with Crippen LogP contribution in [0.3, 0.4) is 0 Å². The number of allylic oxidation sites excluding steroid dienone is 3. The van der Waals surface area contributed by atoms with Crippen LogP contribution in [-0.2, 0) is 9.59 Å². The van der Waals surface area contributed by atoms with Gasteiger partial charge < -0.3 is 10.1 Å². The molecule has 0 radical (unpaired) electrons. The summed E-state index contributed by atoms with van der Waals surface area (Å²) < 4.78 is 0. The maximum atomic E-state index is 11.2. The molecular weight excluding hydrogens is 166 g/mol. The van der Waals surface area contributed by atoms with Crippen molar-refractivity contribution in [2.24, 2.45) is 0 Å². The average Bonchev–Trinajstić information content (AvgIpc) is 2.14. The summed E-state index contributed by atoms with van der Waals surface area (Å²) in [6.45, 7) is 5.33. The van der Waals surface area contributed by atoms with Crippen molar-refractivity contribution < 1.29 is 9.59 Å². The van der Waals surface area contributed by atoms with Gasteiger partial charge in [-0.3, -0.25) is 4.79 Å². The number of carbonyl (C=O) groups is 2. The first kappa shape index (κ1) is 11.4. The quantitative estimate of drug-likeness (QED) is 0.388. The molecule has 3 nitrogen and oxygen atoms in total. The summed E-state index contributed by atoms with van der Waals surface area (Å²) in [6, 6.07) is 0. The van der Waals surface area contributed by atoms with E-state index in [1.807, 2.05) is 6.92 Å². The van der Waals surface area contributed by atoms with Crippen molar-refractivity contribution in [3.63, 3.8) is 0 Å². The average molecular weight is 179 g/mol. The van der Waals surface area contributed by atoms with Crippen LogP contribution in [0.1, 0.15) is 6.92 Å². The van der Waals surface area contributed by atoms with Gasteiger partial charge in [-0.2, -0.15) is 0 Å². The minimum Gasteiger partial charge on any atom is -0.345 e. The molecule has 0 aliphatic carbocycles. The topological polar surface area (TPSA) is 46.2 Å². The second-order valence-electron chi connectivity index (χ2n) is 2.23. The molecule has 0 saturated heterocycles. The van der Waals surface area contributed by atoms with E-state index in [0.29, 0.717) is 11.9 Å². The lowest BCUT2D eigenvalue weighted by atomic mass is 10.2. The van der Waals surface area contributed by atoms with Gasteiger partial charge in [-0.25, -0.2) is 0 Å². The summed E-state index contributed by atoms with van der Waals surface area (Å²) in [5, 5.41) is 2.43. The Balaban J connectivity index is 4.37. The molecule has 0 unspecified atom stereocenters. The number of carbonyl (C=O) groups excluding carboxylic acids is 2. The van der Waals surface area contributed by atoms with Gasteiger partial charge in [0.1, 0.15) is 6.29 Å². The Morgan fingerprint density at radius 2 is 2.23 bits per heavy atom. The standard InChI is InChI=1S/C10H13NO2/c1-3-5-9(6-4-2)10(13)11-7-8-12/h3-6,8H,1,7H2,2H3,(H,11,13)/b6-4-,9-5+. The van der Waals surface area contributed by atoms with Crippen LogP contribution in [-0.4, -0.2) is 18.7 Å². The summed E-state index contributed by atoms with van der Waals surface area (Å²) in [6.07, 6.45) is 7.15. The van der Waals surface area contributed by atoms with Crippen LogP contribution in [0.15, 0.2) is 36.5 Å². The summed E-state index contributed by atoms with van der Waals surface area (Å²) in [5.41, 5.74) is 0.486. The summed E-state index contributed by atoms with van der Waals surface area (Å²) in [5.74, 6) is -0.273. The first-order valence-corrected chi connectivity index (χ1v) is 3.93. The second kappa shape index (κ2) is 7.03. The fraction of sp³-hybridized carbons (Fsp3) is 0.200. The summed E-state index contributed by atoms with van der Waals surface area (Å²) >= 11 is 0. The van der Waals surface area contributed by atoms with Gasteiger partial charge in [-0.15, -0.1) is 0 Å². The zero-order chi connectivity index (χ0) is 10.1. The highest BCUT2D eigenvalue weighted by Crippen LogP contribution is 1.97. The van der Waals surface area contributed by atoms with Crippen LogP contribution in [0.4, 0.5) is 0 Å². The van der Waals surface area contributed by atoms with Gasteiger partial charge in [0.05, 0.1) is 6.54 Å². The molecular formula is C10H13NO2. The van der Waals surface area contributed by atoms with Crippen molar-refractivity contribution in [2.75, 3.05) is 6.54 Å². The molecule has 3 heteroatoms. The first-order valence-electron chi connectivity index (χ1n) is 3.93. The van der Waals surface area contributed by atoms with E-state index < -0.39 is 0 Å². The Bertz CT molecular complexity index is 252. The maximum Gasteiger partial charge on any atom is 0.251 e. The normalized spacial score (nSPS) is 11.3. The third-order valence-corrected chi connectivity index (χ3v) is 1.25. The Kier molecular flexibility index (Phi) is 6.15. The molecule has 1 amide bonds. The zero-order valence-electron chi connectivity index (χ0n) is 7.62. The number of hydrogen-bond acceptors (Lipinski definition) is 2. The van der Waals surface area contributed by atoms with Gasteiger partial charge in [-0.1, -0.05) is 30.9 Å². The van der Waals surface area contributed by atoms with Crippen molar-refractivity contribution in [1.29, 1.82) is 0 Å². The molecule has 1 N–H and O–H groups in total. The molecule has 13 heavy (non-hydrogen) atoms.